The molecule has 0 bridgehead atoms. The molecule has 4 nitrogen and oxygen atoms in total. The second-order valence-corrected chi connectivity index (χ2v) is 5.17. The van der Waals surface area contributed by atoms with Gasteiger partial charge in [-0.3, -0.25) is 0 Å². The Morgan fingerprint density at radius 1 is 1.47 bits per heavy atom. The van der Waals surface area contributed by atoms with Gasteiger partial charge in [0.2, 0.25) is 0 Å². The van der Waals surface area contributed by atoms with Crippen molar-refractivity contribution in [3.8, 4) is 0 Å². The van der Waals surface area contributed by atoms with E-state index in [4.69, 9.17) is 10.5 Å². The van der Waals surface area contributed by atoms with Crippen molar-refractivity contribution < 1.29 is 4.74 Å². The van der Waals surface area contributed by atoms with E-state index < -0.39 is 0 Å². The van der Waals surface area contributed by atoms with Gasteiger partial charge in [0.15, 0.2) is 0 Å². The first-order chi connectivity index (χ1) is 8.02. The van der Waals surface area contributed by atoms with E-state index in [1.807, 2.05) is 13.0 Å². The van der Waals surface area contributed by atoms with Gasteiger partial charge in [-0.15, -0.1) is 0 Å². The third kappa shape index (κ3) is 2.76. The number of nitrogens with zero attached hydrogens (tertiary/aromatic N) is 2. The first-order valence-electron chi connectivity index (χ1n) is 6.07. The molecular weight excluding hydrogens is 214 g/mol. The van der Waals surface area contributed by atoms with E-state index in [1.165, 1.54) is 0 Å². The van der Waals surface area contributed by atoms with Crippen LogP contribution >= 0.6 is 0 Å². The topological polar surface area (TPSA) is 51.4 Å². The Labute approximate surface area is 103 Å². The minimum absolute atomic E-state index is 0.116. The van der Waals surface area contributed by atoms with Crippen LogP contribution in [0.1, 0.15) is 25.1 Å². The summed E-state index contributed by atoms with van der Waals surface area (Å²) in [4.78, 5) is 6.90. The van der Waals surface area contributed by atoms with E-state index in [9.17, 15) is 0 Å². The van der Waals surface area contributed by atoms with Crippen LogP contribution < -0.4 is 10.6 Å². The molecule has 0 atom stereocenters. The van der Waals surface area contributed by atoms with E-state index in [0.717, 1.165) is 36.8 Å². The number of rotatable bonds is 2. The summed E-state index contributed by atoms with van der Waals surface area (Å²) in [5.41, 5.74) is 7.80. The molecule has 1 fully saturated rings. The average Bonchev–Trinajstić information content (AvgIpc) is 2.27. The zero-order chi connectivity index (χ0) is 12.5. The van der Waals surface area contributed by atoms with Gasteiger partial charge in [0.1, 0.15) is 5.82 Å². The summed E-state index contributed by atoms with van der Waals surface area (Å²) in [5, 5.41) is 0. The lowest BCUT2D eigenvalue weighted by molar-refractivity contribution is -0.0279. The Balaban J connectivity index is 2.29. The van der Waals surface area contributed by atoms with Crippen molar-refractivity contribution in [3.63, 3.8) is 0 Å². The first kappa shape index (κ1) is 12.3. The molecule has 2 rings (SSSR count). The molecule has 1 saturated heterocycles. The molecule has 0 spiro atoms. The number of hydrogen-bond acceptors (Lipinski definition) is 4. The van der Waals surface area contributed by atoms with Crippen molar-refractivity contribution in [1.29, 1.82) is 0 Å². The van der Waals surface area contributed by atoms with Crippen molar-refractivity contribution in [2.45, 2.75) is 32.9 Å². The van der Waals surface area contributed by atoms with E-state index in [1.54, 1.807) is 0 Å². The number of anilines is 1. The van der Waals surface area contributed by atoms with Crippen molar-refractivity contribution >= 4 is 5.82 Å². The van der Waals surface area contributed by atoms with E-state index in [-0.39, 0.29) is 5.60 Å². The van der Waals surface area contributed by atoms with Crippen LogP contribution in [0.4, 0.5) is 5.82 Å². The van der Waals surface area contributed by atoms with Crippen molar-refractivity contribution in [3.05, 3.63) is 23.4 Å². The van der Waals surface area contributed by atoms with Crippen LogP contribution in [0.5, 0.6) is 0 Å². The molecule has 1 aliphatic rings. The molecule has 0 saturated carbocycles. The van der Waals surface area contributed by atoms with Crippen LogP contribution in [0.2, 0.25) is 0 Å². The van der Waals surface area contributed by atoms with Crippen LogP contribution in [0.25, 0.3) is 0 Å². The number of ether oxygens (including phenoxy) is 1. The van der Waals surface area contributed by atoms with Gasteiger partial charge in [-0.1, -0.05) is 6.07 Å². The maximum absolute atomic E-state index is 5.78. The maximum Gasteiger partial charge on any atom is 0.133 e. The summed E-state index contributed by atoms with van der Waals surface area (Å²) >= 11 is 0. The molecular formula is C13H21N3O. The van der Waals surface area contributed by atoms with Crippen molar-refractivity contribution in [2.75, 3.05) is 24.6 Å². The van der Waals surface area contributed by atoms with Crippen LogP contribution in [0, 0.1) is 6.92 Å². The molecule has 0 unspecified atom stereocenters. The van der Waals surface area contributed by atoms with Crippen LogP contribution in [0.15, 0.2) is 12.1 Å². The number of morpholine rings is 1. The number of aryl methyl sites for hydroxylation is 1. The summed E-state index contributed by atoms with van der Waals surface area (Å²) in [6.45, 7) is 9.24. The van der Waals surface area contributed by atoms with Gasteiger partial charge in [0.05, 0.1) is 12.2 Å². The zero-order valence-corrected chi connectivity index (χ0v) is 10.9. The molecule has 0 aliphatic carbocycles. The quantitative estimate of drug-likeness (QED) is 0.843. The Hall–Kier alpha value is -1.13. The van der Waals surface area contributed by atoms with Crippen LogP contribution in [-0.2, 0) is 11.3 Å². The van der Waals surface area contributed by atoms with E-state index >= 15 is 0 Å². The molecule has 0 aromatic carbocycles. The minimum Gasteiger partial charge on any atom is -0.372 e. The van der Waals surface area contributed by atoms with Crippen molar-refractivity contribution in [1.82, 2.24) is 4.98 Å². The lowest BCUT2D eigenvalue weighted by atomic mass is 10.1. The highest BCUT2D eigenvalue weighted by molar-refractivity contribution is 5.48. The first-order valence-corrected chi connectivity index (χ1v) is 6.07. The van der Waals surface area contributed by atoms with Crippen LogP contribution in [0.3, 0.4) is 0 Å². The highest BCUT2D eigenvalue weighted by Gasteiger charge is 2.28. The fraction of sp³-hybridized carbons (Fsp3) is 0.615. The fourth-order valence-corrected chi connectivity index (χ4v) is 2.20. The Morgan fingerprint density at radius 2 is 2.24 bits per heavy atom. The summed E-state index contributed by atoms with van der Waals surface area (Å²) in [5.74, 6) is 1.02. The number of nitrogens with two attached hydrogens (primary N) is 1. The second kappa shape index (κ2) is 4.63. The number of aromatic nitrogens is 1. The molecule has 94 valence electrons. The average molecular weight is 235 g/mol. The molecule has 1 aromatic heterocycles. The van der Waals surface area contributed by atoms with Gasteiger partial charge in [-0.25, -0.2) is 4.98 Å². The highest BCUT2D eigenvalue weighted by atomic mass is 16.5. The van der Waals surface area contributed by atoms with Gasteiger partial charge in [-0.2, -0.15) is 0 Å². The lowest BCUT2D eigenvalue weighted by Gasteiger charge is -2.39. The fourth-order valence-electron chi connectivity index (χ4n) is 2.20. The predicted octanol–water partition coefficient (Wildman–Crippen LogP) is 1.46. The van der Waals surface area contributed by atoms with Gasteiger partial charge in [0.25, 0.3) is 0 Å². The lowest BCUT2D eigenvalue weighted by Crippen LogP contribution is -2.49. The Kier molecular flexibility index (Phi) is 3.35. The molecule has 2 N–H and O–H groups in total. The predicted molar refractivity (Wildman–Crippen MR) is 69.1 cm³/mol. The standard InChI is InChI=1S/C13H21N3O/c1-10-4-5-11(8-14)12(15-10)16-6-7-17-13(2,3)9-16/h4-5H,6-9,14H2,1-3H3. The summed E-state index contributed by atoms with van der Waals surface area (Å²) in [6.07, 6.45) is 0. The largest absolute Gasteiger partial charge is 0.372 e. The highest BCUT2D eigenvalue weighted by Crippen LogP contribution is 2.24. The van der Waals surface area contributed by atoms with Crippen LogP contribution in [-0.4, -0.2) is 30.3 Å². The van der Waals surface area contributed by atoms with E-state index in [2.05, 4.69) is 29.8 Å². The third-order valence-corrected chi connectivity index (χ3v) is 3.04. The van der Waals surface area contributed by atoms with Gasteiger partial charge in [-0.05, 0) is 26.8 Å². The normalized spacial score (nSPS) is 19.4. The summed E-state index contributed by atoms with van der Waals surface area (Å²) < 4.78 is 5.72. The van der Waals surface area contributed by atoms with Gasteiger partial charge in [0, 0.05) is 30.9 Å². The molecule has 17 heavy (non-hydrogen) atoms. The number of hydrogen-bond donors (Lipinski definition) is 1. The molecule has 0 radical (unpaired) electrons. The van der Waals surface area contributed by atoms with E-state index in [0.29, 0.717) is 6.54 Å². The smallest absolute Gasteiger partial charge is 0.133 e. The third-order valence-electron chi connectivity index (χ3n) is 3.04. The maximum atomic E-state index is 5.78. The SMILES string of the molecule is Cc1ccc(CN)c(N2CCOC(C)(C)C2)n1. The molecule has 2 heterocycles. The Morgan fingerprint density at radius 3 is 2.88 bits per heavy atom. The second-order valence-electron chi connectivity index (χ2n) is 5.17. The Bertz CT molecular complexity index is 404. The minimum atomic E-state index is -0.116. The summed E-state index contributed by atoms with van der Waals surface area (Å²) in [7, 11) is 0. The van der Waals surface area contributed by atoms with Gasteiger partial charge < -0.3 is 15.4 Å². The molecule has 1 aliphatic heterocycles. The molecule has 4 heteroatoms. The zero-order valence-electron chi connectivity index (χ0n) is 10.9. The molecule has 1 aromatic rings. The summed E-state index contributed by atoms with van der Waals surface area (Å²) in [6, 6.07) is 4.08. The number of pyridine rings is 1. The monoisotopic (exact) mass is 235 g/mol. The van der Waals surface area contributed by atoms with Crippen molar-refractivity contribution in [2.24, 2.45) is 5.73 Å². The van der Waals surface area contributed by atoms with Gasteiger partial charge >= 0.3 is 0 Å². The molecule has 0 amide bonds.